The Morgan fingerprint density at radius 1 is 1.33 bits per heavy atom. The maximum atomic E-state index is 13.3. The van der Waals surface area contributed by atoms with E-state index in [1.807, 2.05) is 19.1 Å². The summed E-state index contributed by atoms with van der Waals surface area (Å²) in [6.45, 7) is 1.96. The van der Waals surface area contributed by atoms with E-state index >= 15 is 0 Å². The lowest BCUT2D eigenvalue weighted by Crippen LogP contribution is -2.05. The summed E-state index contributed by atoms with van der Waals surface area (Å²) in [4.78, 5) is 0. The van der Waals surface area contributed by atoms with Crippen LogP contribution in [0.5, 0.6) is 5.75 Å². The lowest BCUT2D eigenvalue weighted by molar-refractivity contribution is 0.386. The van der Waals surface area contributed by atoms with Gasteiger partial charge in [0, 0.05) is 11.8 Å². The average molecular weight is 314 g/mol. The van der Waals surface area contributed by atoms with Crippen LogP contribution in [0.1, 0.15) is 18.7 Å². The van der Waals surface area contributed by atoms with Gasteiger partial charge in [-0.15, -0.1) is 0 Å². The molecule has 0 bridgehead atoms. The van der Waals surface area contributed by atoms with E-state index in [1.54, 1.807) is 12.1 Å². The molecule has 2 rings (SSSR count). The van der Waals surface area contributed by atoms with Crippen LogP contribution in [-0.4, -0.2) is 7.11 Å². The summed E-state index contributed by atoms with van der Waals surface area (Å²) in [6, 6.07) is 8.33. The smallest absolute Gasteiger partial charge is 0.169 e. The fourth-order valence-electron chi connectivity index (χ4n) is 1.63. The average Bonchev–Trinajstić information content (AvgIpc) is 2.78. The molecular weight excluding hydrogens is 301 g/mol. The van der Waals surface area contributed by atoms with Crippen molar-refractivity contribution in [3.8, 4) is 5.75 Å². The minimum absolute atomic E-state index is 0.0218. The van der Waals surface area contributed by atoms with Gasteiger partial charge < -0.3 is 14.5 Å². The highest BCUT2D eigenvalue weighted by Gasteiger charge is 2.11. The molecule has 0 aliphatic heterocycles. The Kier molecular flexibility index (Phi) is 3.91. The first kappa shape index (κ1) is 13.0. The number of methoxy groups -OCH3 is 1. The lowest BCUT2D eigenvalue weighted by atomic mass is 10.2. The monoisotopic (exact) mass is 313 g/mol. The Morgan fingerprint density at radius 2 is 2.11 bits per heavy atom. The molecule has 0 aliphatic rings. The fraction of sp³-hybridized carbons (Fsp3) is 0.231. The molecule has 0 saturated carbocycles. The summed E-state index contributed by atoms with van der Waals surface area (Å²) in [7, 11) is 1.44. The molecule has 2 aromatic rings. The predicted molar refractivity (Wildman–Crippen MR) is 71.4 cm³/mol. The minimum atomic E-state index is -0.378. The van der Waals surface area contributed by atoms with Crippen LogP contribution < -0.4 is 10.1 Å². The van der Waals surface area contributed by atoms with Crippen molar-refractivity contribution >= 4 is 21.6 Å². The fourth-order valence-corrected chi connectivity index (χ4v) is 1.95. The van der Waals surface area contributed by atoms with E-state index in [0.29, 0.717) is 4.67 Å². The van der Waals surface area contributed by atoms with Gasteiger partial charge in [-0.3, -0.25) is 0 Å². The normalized spacial score (nSPS) is 12.2. The van der Waals surface area contributed by atoms with E-state index < -0.39 is 0 Å². The van der Waals surface area contributed by atoms with Gasteiger partial charge >= 0.3 is 0 Å². The Morgan fingerprint density at radius 3 is 2.72 bits per heavy atom. The lowest BCUT2D eigenvalue weighted by Gasteiger charge is -2.13. The van der Waals surface area contributed by atoms with Crippen molar-refractivity contribution in [1.29, 1.82) is 0 Å². The van der Waals surface area contributed by atoms with Crippen molar-refractivity contribution in [2.75, 3.05) is 12.4 Å². The van der Waals surface area contributed by atoms with Crippen molar-refractivity contribution in [3.05, 3.63) is 46.6 Å². The number of benzene rings is 1. The Balaban J connectivity index is 2.14. The molecule has 0 radical (unpaired) electrons. The van der Waals surface area contributed by atoms with Gasteiger partial charge in [-0.05, 0) is 47.1 Å². The zero-order valence-corrected chi connectivity index (χ0v) is 11.6. The van der Waals surface area contributed by atoms with E-state index in [1.165, 1.54) is 13.2 Å². The number of hydrogen-bond acceptors (Lipinski definition) is 3. The summed E-state index contributed by atoms with van der Waals surface area (Å²) in [5, 5.41) is 3.21. The standard InChI is InChI=1S/C13H13BrFNO2/c1-8(11-5-6-13(14)18-11)16-9-3-4-10(15)12(7-9)17-2/h3-8,16H,1-2H3. The quantitative estimate of drug-likeness (QED) is 0.910. The zero-order valence-electron chi connectivity index (χ0n) is 10.0. The number of nitrogens with one attached hydrogen (secondary N) is 1. The highest BCUT2D eigenvalue weighted by Crippen LogP contribution is 2.26. The second-order valence-electron chi connectivity index (χ2n) is 3.86. The molecule has 1 unspecified atom stereocenters. The van der Waals surface area contributed by atoms with E-state index in [0.717, 1.165) is 11.4 Å². The Hall–Kier alpha value is -1.49. The molecule has 1 aromatic heterocycles. The molecule has 1 heterocycles. The summed E-state index contributed by atoms with van der Waals surface area (Å²) in [5.41, 5.74) is 0.772. The predicted octanol–water partition coefficient (Wildman–Crippen LogP) is 4.36. The van der Waals surface area contributed by atoms with Gasteiger partial charge in [0.25, 0.3) is 0 Å². The first-order valence-corrected chi connectivity index (χ1v) is 6.25. The van der Waals surface area contributed by atoms with Gasteiger partial charge in [-0.1, -0.05) is 0 Å². The molecule has 0 amide bonds. The van der Waals surface area contributed by atoms with Gasteiger partial charge in [0.15, 0.2) is 16.2 Å². The van der Waals surface area contributed by atoms with Crippen LogP contribution in [0, 0.1) is 5.82 Å². The molecule has 0 spiro atoms. The van der Waals surface area contributed by atoms with Gasteiger partial charge in [0.1, 0.15) is 5.76 Å². The molecule has 0 fully saturated rings. The first-order valence-electron chi connectivity index (χ1n) is 5.45. The third-order valence-electron chi connectivity index (χ3n) is 2.56. The maximum Gasteiger partial charge on any atom is 0.169 e. The van der Waals surface area contributed by atoms with E-state index in [9.17, 15) is 4.39 Å². The van der Waals surface area contributed by atoms with E-state index in [2.05, 4.69) is 21.2 Å². The summed E-state index contributed by atoms with van der Waals surface area (Å²) in [5.74, 6) is 0.634. The highest BCUT2D eigenvalue weighted by molar-refractivity contribution is 9.10. The van der Waals surface area contributed by atoms with Crippen molar-refractivity contribution < 1.29 is 13.5 Å². The molecule has 1 aromatic carbocycles. The van der Waals surface area contributed by atoms with Gasteiger partial charge in [0.2, 0.25) is 0 Å². The second-order valence-corrected chi connectivity index (χ2v) is 4.64. The number of hydrogen-bond donors (Lipinski definition) is 1. The summed E-state index contributed by atoms with van der Waals surface area (Å²) in [6.07, 6.45) is 0. The molecule has 96 valence electrons. The van der Waals surface area contributed by atoms with Crippen molar-refractivity contribution in [1.82, 2.24) is 0 Å². The van der Waals surface area contributed by atoms with Gasteiger partial charge in [-0.25, -0.2) is 4.39 Å². The largest absolute Gasteiger partial charge is 0.494 e. The number of rotatable bonds is 4. The molecule has 0 saturated heterocycles. The molecule has 3 nitrogen and oxygen atoms in total. The van der Waals surface area contributed by atoms with Crippen LogP contribution in [0.3, 0.4) is 0 Å². The number of furan rings is 1. The van der Waals surface area contributed by atoms with Gasteiger partial charge in [0.05, 0.1) is 13.2 Å². The Bertz CT molecular complexity index is 542. The third kappa shape index (κ3) is 2.85. The van der Waals surface area contributed by atoms with Crippen LogP contribution in [0.25, 0.3) is 0 Å². The van der Waals surface area contributed by atoms with Crippen LogP contribution in [0.4, 0.5) is 10.1 Å². The SMILES string of the molecule is COc1cc(NC(C)c2ccc(Br)o2)ccc1F. The van der Waals surface area contributed by atoms with Crippen molar-refractivity contribution in [3.63, 3.8) is 0 Å². The molecular formula is C13H13BrFNO2. The maximum absolute atomic E-state index is 13.3. The van der Waals surface area contributed by atoms with Crippen LogP contribution in [0.2, 0.25) is 0 Å². The number of halogens is 2. The zero-order chi connectivity index (χ0) is 13.1. The van der Waals surface area contributed by atoms with Crippen molar-refractivity contribution in [2.45, 2.75) is 13.0 Å². The van der Waals surface area contributed by atoms with Crippen molar-refractivity contribution in [2.24, 2.45) is 0 Å². The highest BCUT2D eigenvalue weighted by atomic mass is 79.9. The second kappa shape index (κ2) is 5.44. The van der Waals surface area contributed by atoms with Crippen LogP contribution >= 0.6 is 15.9 Å². The topological polar surface area (TPSA) is 34.4 Å². The molecule has 1 N–H and O–H groups in total. The molecule has 0 aliphatic carbocycles. The molecule has 5 heteroatoms. The van der Waals surface area contributed by atoms with E-state index in [-0.39, 0.29) is 17.6 Å². The molecule has 18 heavy (non-hydrogen) atoms. The van der Waals surface area contributed by atoms with Gasteiger partial charge in [-0.2, -0.15) is 0 Å². The van der Waals surface area contributed by atoms with Crippen LogP contribution in [-0.2, 0) is 0 Å². The first-order chi connectivity index (χ1) is 8.60. The van der Waals surface area contributed by atoms with Crippen LogP contribution in [0.15, 0.2) is 39.4 Å². The van der Waals surface area contributed by atoms with E-state index in [4.69, 9.17) is 9.15 Å². The summed E-state index contributed by atoms with van der Waals surface area (Å²) >= 11 is 3.25. The third-order valence-corrected chi connectivity index (χ3v) is 2.98. The summed E-state index contributed by atoms with van der Waals surface area (Å²) < 4.78 is 24.3. The minimum Gasteiger partial charge on any atom is -0.494 e. The molecule has 1 atom stereocenters. The number of ether oxygens (including phenoxy) is 1. The number of anilines is 1. The Labute approximate surface area is 113 Å².